The number of nitrogens with one attached hydrogen (secondary N) is 1. The highest BCUT2D eigenvalue weighted by molar-refractivity contribution is 5.53. The van der Waals surface area contributed by atoms with Crippen molar-refractivity contribution >= 4 is 11.8 Å². The van der Waals surface area contributed by atoms with E-state index in [-0.39, 0.29) is 12.6 Å². The number of aromatic nitrogens is 2. The van der Waals surface area contributed by atoms with Gasteiger partial charge in [-0.05, 0) is 31.5 Å². The second-order valence-electron chi connectivity index (χ2n) is 6.92. The Kier molecular flexibility index (Phi) is 5.05. The number of piperazine rings is 1. The highest BCUT2D eigenvalue weighted by Crippen LogP contribution is 2.27. The van der Waals surface area contributed by atoms with Crippen LogP contribution in [0, 0.1) is 0 Å². The molecule has 0 amide bonds. The maximum absolute atomic E-state index is 9.53. The van der Waals surface area contributed by atoms with Crippen molar-refractivity contribution in [2.24, 2.45) is 0 Å². The number of fused-ring (bicyclic) bond motifs is 1. The van der Waals surface area contributed by atoms with Gasteiger partial charge >= 0.3 is 0 Å². The first-order valence-corrected chi connectivity index (χ1v) is 9.23. The van der Waals surface area contributed by atoms with Gasteiger partial charge in [-0.3, -0.25) is 4.90 Å². The molecule has 2 aromatic rings. The van der Waals surface area contributed by atoms with Gasteiger partial charge in [0.05, 0.1) is 18.5 Å². The van der Waals surface area contributed by atoms with Crippen LogP contribution in [0.4, 0.5) is 11.8 Å². The number of nitrogens with zero attached hydrogens (tertiary/aromatic N) is 4. The molecule has 8 nitrogen and oxygen atoms in total. The van der Waals surface area contributed by atoms with E-state index in [1.807, 2.05) is 12.1 Å². The lowest BCUT2D eigenvalue weighted by atomic mass is 10.0. The summed E-state index contributed by atoms with van der Waals surface area (Å²) in [6.07, 6.45) is 3.35. The molecule has 8 heteroatoms. The number of nitrogens with two attached hydrogens (primary N) is 1. The Morgan fingerprint density at radius 1 is 1.35 bits per heavy atom. The molecule has 26 heavy (non-hydrogen) atoms. The van der Waals surface area contributed by atoms with E-state index >= 15 is 0 Å². The van der Waals surface area contributed by atoms with Crippen LogP contribution < -0.4 is 16.0 Å². The van der Waals surface area contributed by atoms with E-state index in [1.54, 1.807) is 6.26 Å². The summed E-state index contributed by atoms with van der Waals surface area (Å²) >= 11 is 0. The van der Waals surface area contributed by atoms with Crippen molar-refractivity contribution in [3.05, 3.63) is 35.4 Å². The predicted molar refractivity (Wildman–Crippen MR) is 98.7 cm³/mol. The van der Waals surface area contributed by atoms with Crippen molar-refractivity contribution in [2.45, 2.75) is 32.0 Å². The molecule has 0 radical (unpaired) electrons. The van der Waals surface area contributed by atoms with Crippen molar-refractivity contribution in [1.29, 1.82) is 0 Å². The molecule has 2 aliphatic heterocycles. The molecule has 0 saturated carbocycles. The fourth-order valence-electron chi connectivity index (χ4n) is 3.94. The van der Waals surface area contributed by atoms with Crippen LogP contribution >= 0.6 is 0 Å². The third kappa shape index (κ3) is 3.53. The number of nitrogen functional groups attached to an aromatic ring is 1. The molecule has 1 fully saturated rings. The summed E-state index contributed by atoms with van der Waals surface area (Å²) < 4.78 is 5.50. The fourth-order valence-corrected chi connectivity index (χ4v) is 3.94. The molecular formula is C18H26N6O2. The number of rotatable bonds is 5. The van der Waals surface area contributed by atoms with E-state index in [0.29, 0.717) is 5.95 Å². The lowest BCUT2D eigenvalue weighted by Gasteiger charge is -2.42. The predicted octanol–water partition coefficient (Wildman–Crippen LogP) is 0.371. The molecule has 2 aliphatic rings. The van der Waals surface area contributed by atoms with E-state index in [4.69, 9.17) is 10.2 Å². The summed E-state index contributed by atoms with van der Waals surface area (Å²) in [7, 11) is 0. The van der Waals surface area contributed by atoms with Gasteiger partial charge in [0.15, 0.2) is 0 Å². The maximum atomic E-state index is 9.53. The number of hydrogen-bond acceptors (Lipinski definition) is 8. The summed E-state index contributed by atoms with van der Waals surface area (Å²) in [6.45, 7) is 5.19. The van der Waals surface area contributed by atoms with Gasteiger partial charge in [0, 0.05) is 44.4 Å². The Morgan fingerprint density at radius 3 is 3.08 bits per heavy atom. The van der Waals surface area contributed by atoms with Gasteiger partial charge in [0.2, 0.25) is 5.95 Å². The monoisotopic (exact) mass is 358 g/mol. The summed E-state index contributed by atoms with van der Waals surface area (Å²) in [4.78, 5) is 13.7. The Labute approximate surface area is 153 Å². The van der Waals surface area contributed by atoms with Gasteiger partial charge in [0.1, 0.15) is 11.6 Å². The maximum Gasteiger partial charge on any atom is 0.222 e. The second-order valence-corrected chi connectivity index (χ2v) is 6.92. The Hall–Kier alpha value is -2.16. The highest BCUT2D eigenvalue weighted by atomic mass is 16.3. The molecule has 0 aliphatic carbocycles. The second kappa shape index (κ2) is 7.61. The van der Waals surface area contributed by atoms with Crippen molar-refractivity contribution in [2.75, 3.05) is 43.4 Å². The number of aliphatic hydroxyl groups excluding tert-OH is 1. The van der Waals surface area contributed by atoms with E-state index in [0.717, 1.165) is 69.4 Å². The van der Waals surface area contributed by atoms with Gasteiger partial charge in [-0.1, -0.05) is 0 Å². The molecule has 140 valence electrons. The van der Waals surface area contributed by atoms with Crippen LogP contribution in [0.1, 0.15) is 23.4 Å². The van der Waals surface area contributed by atoms with Crippen molar-refractivity contribution in [3.8, 4) is 0 Å². The van der Waals surface area contributed by atoms with Gasteiger partial charge in [0.25, 0.3) is 0 Å². The van der Waals surface area contributed by atoms with Gasteiger partial charge < -0.3 is 25.5 Å². The molecule has 2 aromatic heterocycles. The minimum Gasteiger partial charge on any atom is -0.468 e. The lowest BCUT2D eigenvalue weighted by molar-refractivity contribution is 0.127. The largest absolute Gasteiger partial charge is 0.468 e. The molecule has 0 bridgehead atoms. The van der Waals surface area contributed by atoms with Crippen LogP contribution in [0.5, 0.6) is 0 Å². The van der Waals surface area contributed by atoms with Crippen LogP contribution in [0.15, 0.2) is 22.8 Å². The average Bonchev–Trinajstić information content (AvgIpc) is 3.16. The first kappa shape index (κ1) is 17.3. The zero-order valence-electron chi connectivity index (χ0n) is 14.9. The molecule has 4 heterocycles. The summed E-state index contributed by atoms with van der Waals surface area (Å²) in [5.74, 6) is 2.25. The van der Waals surface area contributed by atoms with E-state index in [1.165, 1.54) is 5.56 Å². The topological polar surface area (TPSA) is 104 Å². The third-order valence-electron chi connectivity index (χ3n) is 5.24. The quantitative estimate of drug-likeness (QED) is 0.704. The molecule has 4 N–H and O–H groups in total. The standard InChI is InChI=1S/C18H26N6O2/c19-18-21-16-10-20-5-3-15(16)17(22-18)24-7-6-23(13(11-24)4-8-25)12-14-2-1-9-26-14/h1-2,9,13,20,25H,3-8,10-12H2,(H2,19,21,22). The van der Waals surface area contributed by atoms with Crippen LogP contribution in [-0.4, -0.2) is 58.8 Å². The summed E-state index contributed by atoms with van der Waals surface area (Å²) in [5, 5.41) is 12.9. The molecule has 0 spiro atoms. The number of furan rings is 1. The van der Waals surface area contributed by atoms with Crippen LogP contribution in [-0.2, 0) is 19.5 Å². The minimum atomic E-state index is 0.168. The number of hydrogen-bond donors (Lipinski definition) is 3. The molecule has 1 unspecified atom stereocenters. The van der Waals surface area contributed by atoms with Crippen LogP contribution in [0.25, 0.3) is 0 Å². The van der Waals surface area contributed by atoms with Crippen molar-refractivity contribution in [1.82, 2.24) is 20.2 Å². The zero-order valence-corrected chi connectivity index (χ0v) is 14.9. The zero-order chi connectivity index (χ0) is 17.9. The average molecular weight is 358 g/mol. The Bertz CT molecular complexity index is 736. The molecule has 1 atom stereocenters. The lowest BCUT2D eigenvalue weighted by Crippen LogP contribution is -2.53. The Morgan fingerprint density at radius 2 is 2.27 bits per heavy atom. The van der Waals surface area contributed by atoms with Crippen LogP contribution in [0.2, 0.25) is 0 Å². The first-order valence-electron chi connectivity index (χ1n) is 9.23. The van der Waals surface area contributed by atoms with Crippen LogP contribution in [0.3, 0.4) is 0 Å². The van der Waals surface area contributed by atoms with Gasteiger partial charge in [-0.2, -0.15) is 4.98 Å². The number of aliphatic hydroxyl groups is 1. The minimum absolute atomic E-state index is 0.168. The first-order chi connectivity index (χ1) is 12.7. The highest BCUT2D eigenvalue weighted by Gasteiger charge is 2.30. The van der Waals surface area contributed by atoms with Crippen molar-refractivity contribution < 1.29 is 9.52 Å². The van der Waals surface area contributed by atoms with Crippen molar-refractivity contribution in [3.63, 3.8) is 0 Å². The van der Waals surface area contributed by atoms with E-state index in [9.17, 15) is 5.11 Å². The SMILES string of the molecule is Nc1nc2c(c(N3CCN(Cc4ccco4)C(CCO)C3)n1)CCNC2. The molecule has 0 aromatic carbocycles. The van der Waals surface area contributed by atoms with Gasteiger partial charge in [-0.15, -0.1) is 0 Å². The number of anilines is 2. The Balaban J connectivity index is 1.55. The molecule has 4 rings (SSSR count). The third-order valence-corrected chi connectivity index (χ3v) is 5.24. The molecular weight excluding hydrogens is 332 g/mol. The van der Waals surface area contributed by atoms with E-state index < -0.39 is 0 Å². The fraction of sp³-hybridized carbons (Fsp3) is 0.556. The van der Waals surface area contributed by atoms with Gasteiger partial charge in [-0.25, -0.2) is 4.98 Å². The summed E-state index contributed by atoms with van der Waals surface area (Å²) in [5.41, 5.74) is 8.18. The smallest absolute Gasteiger partial charge is 0.222 e. The molecule has 1 saturated heterocycles. The normalized spacial score (nSPS) is 21.0. The van der Waals surface area contributed by atoms with E-state index in [2.05, 4.69) is 25.1 Å². The summed E-state index contributed by atoms with van der Waals surface area (Å²) in [6, 6.07) is 4.15.